The topological polar surface area (TPSA) is 29.3 Å². The molecule has 1 aliphatic rings. The zero-order chi connectivity index (χ0) is 13.2. The Hall–Kier alpha value is -1.80. The first-order valence-corrected chi connectivity index (χ1v) is 6.97. The van der Waals surface area contributed by atoms with Gasteiger partial charge < -0.3 is 10.6 Å². The van der Waals surface area contributed by atoms with E-state index in [1.54, 1.807) is 0 Å². The Morgan fingerprint density at radius 3 is 2.53 bits per heavy atom. The standard InChI is InChI=1S/C17H20N2/c1-13(18)14-8-10-16(11-9-14)19-12-4-6-15-5-2-3-7-17(15)19/h2-3,5,7-11,13H,4,6,12,18H2,1H3/t13-/m1/s1. The minimum atomic E-state index is 0.0997. The number of anilines is 2. The van der Waals surface area contributed by atoms with Crippen molar-refractivity contribution in [2.24, 2.45) is 5.73 Å². The molecule has 2 N–H and O–H groups in total. The highest BCUT2D eigenvalue weighted by Crippen LogP contribution is 2.33. The molecule has 1 atom stereocenters. The molecule has 2 aromatic carbocycles. The van der Waals surface area contributed by atoms with E-state index in [0.717, 1.165) is 6.54 Å². The Balaban J connectivity index is 1.95. The molecule has 3 rings (SSSR count). The van der Waals surface area contributed by atoms with Crippen molar-refractivity contribution < 1.29 is 0 Å². The lowest BCUT2D eigenvalue weighted by Gasteiger charge is -2.31. The van der Waals surface area contributed by atoms with Crippen molar-refractivity contribution in [2.75, 3.05) is 11.4 Å². The number of nitrogens with zero attached hydrogens (tertiary/aromatic N) is 1. The van der Waals surface area contributed by atoms with E-state index in [0.29, 0.717) is 0 Å². The summed E-state index contributed by atoms with van der Waals surface area (Å²) in [7, 11) is 0. The third-order valence-corrected chi connectivity index (χ3v) is 3.84. The average Bonchev–Trinajstić information content (AvgIpc) is 2.47. The SMILES string of the molecule is C[C@@H](N)c1ccc(N2CCCc3ccccc32)cc1. The molecular formula is C17H20N2. The maximum absolute atomic E-state index is 5.91. The molecular weight excluding hydrogens is 232 g/mol. The number of para-hydroxylation sites is 1. The van der Waals surface area contributed by atoms with Crippen LogP contribution in [0.25, 0.3) is 0 Å². The van der Waals surface area contributed by atoms with E-state index in [1.807, 2.05) is 6.92 Å². The summed E-state index contributed by atoms with van der Waals surface area (Å²) in [6, 6.07) is 17.4. The Labute approximate surface area is 114 Å². The van der Waals surface area contributed by atoms with E-state index in [9.17, 15) is 0 Å². The van der Waals surface area contributed by atoms with Crippen molar-refractivity contribution in [1.29, 1.82) is 0 Å². The molecule has 0 amide bonds. The van der Waals surface area contributed by atoms with Crippen LogP contribution in [-0.4, -0.2) is 6.54 Å². The van der Waals surface area contributed by atoms with Gasteiger partial charge in [-0.05, 0) is 49.1 Å². The molecule has 0 spiro atoms. The molecule has 1 aliphatic heterocycles. The summed E-state index contributed by atoms with van der Waals surface area (Å²) < 4.78 is 0. The van der Waals surface area contributed by atoms with E-state index in [4.69, 9.17) is 5.73 Å². The largest absolute Gasteiger partial charge is 0.341 e. The summed E-state index contributed by atoms with van der Waals surface area (Å²) in [6.07, 6.45) is 2.40. The third kappa shape index (κ3) is 2.36. The van der Waals surface area contributed by atoms with E-state index in [1.165, 1.54) is 35.3 Å². The predicted molar refractivity (Wildman–Crippen MR) is 80.8 cm³/mol. The van der Waals surface area contributed by atoms with Crippen LogP contribution in [0, 0.1) is 0 Å². The molecule has 2 aromatic rings. The fourth-order valence-electron chi connectivity index (χ4n) is 2.76. The van der Waals surface area contributed by atoms with Gasteiger partial charge in [-0.2, -0.15) is 0 Å². The van der Waals surface area contributed by atoms with Crippen LogP contribution in [0.15, 0.2) is 48.5 Å². The molecule has 2 nitrogen and oxygen atoms in total. The second-order valence-electron chi connectivity index (χ2n) is 5.26. The molecule has 1 heterocycles. The van der Waals surface area contributed by atoms with Crippen LogP contribution in [0.5, 0.6) is 0 Å². The second kappa shape index (κ2) is 5.06. The van der Waals surface area contributed by atoms with Gasteiger partial charge in [-0.25, -0.2) is 0 Å². The highest BCUT2D eigenvalue weighted by molar-refractivity contribution is 5.67. The van der Waals surface area contributed by atoms with Gasteiger partial charge in [0.05, 0.1) is 0 Å². The van der Waals surface area contributed by atoms with Gasteiger partial charge in [-0.3, -0.25) is 0 Å². The van der Waals surface area contributed by atoms with E-state index in [2.05, 4.69) is 53.4 Å². The molecule has 19 heavy (non-hydrogen) atoms. The molecule has 0 bridgehead atoms. The summed E-state index contributed by atoms with van der Waals surface area (Å²) in [6.45, 7) is 3.11. The third-order valence-electron chi connectivity index (χ3n) is 3.84. The van der Waals surface area contributed by atoms with Crippen molar-refractivity contribution in [3.63, 3.8) is 0 Å². The molecule has 0 aliphatic carbocycles. The van der Waals surface area contributed by atoms with Crippen LogP contribution in [0.1, 0.15) is 30.5 Å². The van der Waals surface area contributed by atoms with Crippen LogP contribution in [0.2, 0.25) is 0 Å². The summed E-state index contributed by atoms with van der Waals surface area (Å²) >= 11 is 0. The lowest BCUT2D eigenvalue weighted by molar-refractivity contribution is 0.765. The first kappa shape index (κ1) is 12.2. The number of rotatable bonds is 2. The summed E-state index contributed by atoms with van der Waals surface area (Å²) in [5, 5.41) is 0. The zero-order valence-electron chi connectivity index (χ0n) is 11.3. The molecule has 98 valence electrons. The fraction of sp³-hybridized carbons (Fsp3) is 0.294. The number of hydrogen-bond acceptors (Lipinski definition) is 2. The number of fused-ring (bicyclic) bond motifs is 1. The van der Waals surface area contributed by atoms with Gasteiger partial charge in [0, 0.05) is 24.0 Å². The zero-order valence-corrected chi connectivity index (χ0v) is 11.3. The first-order chi connectivity index (χ1) is 9.25. The maximum atomic E-state index is 5.91. The summed E-state index contributed by atoms with van der Waals surface area (Å²) in [4.78, 5) is 2.41. The van der Waals surface area contributed by atoms with Gasteiger partial charge >= 0.3 is 0 Å². The number of benzene rings is 2. The molecule has 0 unspecified atom stereocenters. The van der Waals surface area contributed by atoms with Gasteiger partial charge in [-0.15, -0.1) is 0 Å². The van der Waals surface area contributed by atoms with Crippen molar-refractivity contribution in [3.8, 4) is 0 Å². The molecule has 0 radical (unpaired) electrons. The van der Waals surface area contributed by atoms with Crippen LogP contribution in [-0.2, 0) is 6.42 Å². The normalized spacial score (nSPS) is 16.0. The summed E-state index contributed by atoms with van der Waals surface area (Å²) in [5.41, 5.74) is 11.2. The molecule has 0 fully saturated rings. The number of aryl methyl sites for hydroxylation is 1. The molecule has 0 aromatic heterocycles. The molecule has 0 saturated heterocycles. The monoisotopic (exact) mass is 252 g/mol. The van der Waals surface area contributed by atoms with E-state index in [-0.39, 0.29) is 6.04 Å². The highest BCUT2D eigenvalue weighted by atomic mass is 15.1. The quantitative estimate of drug-likeness (QED) is 0.881. The van der Waals surface area contributed by atoms with Gasteiger partial charge in [-0.1, -0.05) is 30.3 Å². The van der Waals surface area contributed by atoms with Crippen molar-refractivity contribution in [3.05, 3.63) is 59.7 Å². The fourth-order valence-corrected chi connectivity index (χ4v) is 2.76. The summed E-state index contributed by atoms with van der Waals surface area (Å²) in [5.74, 6) is 0. The van der Waals surface area contributed by atoms with Crippen LogP contribution < -0.4 is 10.6 Å². The predicted octanol–water partition coefficient (Wildman–Crippen LogP) is 3.79. The highest BCUT2D eigenvalue weighted by Gasteiger charge is 2.17. The number of hydrogen-bond donors (Lipinski definition) is 1. The van der Waals surface area contributed by atoms with Gasteiger partial charge in [0.2, 0.25) is 0 Å². The Bertz CT molecular complexity index is 558. The van der Waals surface area contributed by atoms with Crippen LogP contribution >= 0.6 is 0 Å². The van der Waals surface area contributed by atoms with E-state index >= 15 is 0 Å². The van der Waals surface area contributed by atoms with Crippen molar-refractivity contribution in [1.82, 2.24) is 0 Å². The lowest BCUT2D eigenvalue weighted by atomic mass is 10.0. The minimum Gasteiger partial charge on any atom is -0.341 e. The minimum absolute atomic E-state index is 0.0997. The van der Waals surface area contributed by atoms with Crippen molar-refractivity contribution >= 4 is 11.4 Å². The van der Waals surface area contributed by atoms with Gasteiger partial charge in [0.1, 0.15) is 0 Å². The van der Waals surface area contributed by atoms with Gasteiger partial charge in [0.15, 0.2) is 0 Å². The van der Waals surface area contributed by atoms with Crippen molar-refractivity contribution in [2.45, 2.75) is 25.8 Å². The second-order valence-corrected chi connectivity index (χ2v) is 5.26. The van der Waals surface area contributed by atoms with Crippen LogP contribution in [0.3, 0.4) is 0 Å². The number of nitrogens with two attached hydrogens (primary N) is 1. The van der Waals surface area contributed by atoms with E-state index < -0.39 is 0 Å². The maximum Gasteiger partial charge on any atom is 0.0443 e. The smallest absolute Gasteiger partial charge is 0.0443 e. The van der Waals surface area contributed by atoms with Gasteiger partial charge in [0.25, 0.3) is 0 Å². The molecule has 0 saturated carbocycles. The molecule has 2 heteroatoms. The first-order valence-electron chi connectivity index (χ1n) is 6.97. The van der Waals surface area contributed by atoms with Crippen LogP contribution in [0.4, 0.5) is 11.4 Å². The Morgan fingerprint density at radius 2 is 1.79 bits per heavy atom. The lowest BCUT2D eigenvalue weighted by Crippen LogP contribution is -2.24. The average molecular weight is 252 g/mol. The Kier molecular flexibility index (Phi) is 3.26. The Morgan fingerprint density at radius 1 is 1.05 bits per heavy atom.